The molecule has 0 radical (unpaired) electrons. The third kappa shape index (κ3) is 4.17. The summed E-state index contributed by atoms with van der Waals surface area (Å²) < 4.78 is 35.3. The van der Waals surface area contributed by atoms with E-state index in [1.54, 1.807) is 25.2 Å². The van der Waals surface area contributed by atoms with Crippen molar-refractivity contribution in [2.24, 2.45) is 12.8 Å². The van der Waals surface area contributed by atoms with Gasteiger partial charge in [-0.25, -0.2) is 13.8 Å². The van der Waals surface area contributed by atoms with Gasteiger partial charge in [0, 0.05) is 43.5 Å². The first-order chi connectivity index (χ1) is 15.8. The molecule has 33 heavy (non-hydrogen) atoms. The fourth-order valence-electron chi connectivity index (χ4n) is 4.14. The Morgan fingerprint density at radius 2 is 1.85 bits per heavy atom. The van der Waals surface area contributed by atoms with Crippen molar-refractivity contribution in [2.75, 3.05) is 25.1 Å². The van der Waals surface area contributed by atoms with Crippen LogP contribution in [0.2, 0.25) is 0 Å². The zero-order valence-corrected chi connectivity index (χ0v) is 18.3. The monoisotopic (exact) mass is 451 g/mol. The summed E-state index contributed by atoms with van der Waals surface area (Å²) in [6, 6.07) is 9.04. The highest BCUT2D eigenvalue weighted by Crippen LogP contribution is 2.35. The van der Waals surface area contributed by atoms with Crippen LogP contribution in [0.4, 0.5) is 14.5 Å². The lowest BCUT2D eigenvalue weighted by Crippen LogP contribution is -2.42. The molecule has 3 heterocycles. The number of methoxy groups -OCH3 is 1. The first-order valence-electron chi connectivity index (χ1n) is 10.5. The minimum absolute atomic E-state index is 0.0878. The number of ether oxygens (including phenoxy) is 1. The number of nitrogens with two attached hydrogens (primary N) is 1. The number of pyridine rings is 2. The molecular weight excluding hydrogens is 428 g/mol. The van der Waals surface area contributed by atoms with Crippen LogP contribution in [0.1, 0.15) is 18.4 Å². The molecule has 0 atom stereocenters. The molecule has 7 nitrogen and oxygen atoms in total. The maximum absolute atomic E-state index is 14.5. The molecule has 3 aromatic rings. The predicted molar refractivity (Wildman–Crippen MR) is 121 cm³/mol. The molecular formula is C24H23F2N5O2. The summed E-state index contributed by atoms with van der Waals surface area (Å²) in [5.74, 6) is -1.54. The molecule has 0 bridgehead atoms. The summed E-state index contributed by atoms with van der Waals surface area (Å²) in [6.45, 7) is 1.24. The minimum atomic E-state index is -0.687. The molecule has 0 aliphatic carbocycles. The van der Waals surface area contributed by atoms with E-state index in [9.17, 15) is 13.6 Å². The number of hydrogen-bond acceptors (Lipinski definition) is 6. The summed E-state index contributed by atoms with van der Waals surface area (Å²) in [5, 5.41) is 9.09. The molecule has 1 saturated heterocycles. The smallest absolute Gasteiger partial charge is 0.274 e. The van der Waals surface area contributed by atoms with Crippen LogP contribution in [0.25, 0.3) is 22.4 Å². The molecule has 1 aliphatic rings. The van der Waals surface area contributed by atoms with Crippen LogP contribution in [-0.2, 0) is 7.05 Å². The van der Waals surface area contributed by atoms with E-state index in [-0.39, 0.29) is 23.0 Å². The Balaban J connectivity index is 1.96. The fraction of sp³-hybridized carbons (Fsp3) is 0.292. The lowest BCUT2D eigenvalue weighted by molar-refractivity contribution is 0.369. The van der Waals surface area contributed by atoms with Gasteiger partial charge in [0.1, 0.15) is 17.6 Å². The summed E-state index contributed by atoms with van der Waals surface area (Å²) in [5.41, 5.74) is 7.77. The van der Waals surface area contributed by atoms with Crippen LogP contribution in [0.15, 0.2) is 41.3 Å². The largest absolute Gasteiger partial charge is 0.479 e. The second-order valence-electron chi connectivity index (χ2n) is 8.00. The van der Waals surface area contributed by atoms with Crippen LogP contribution < -0.4 is 20.9 Å². The summed E-state index contributed by atoms with van der Waals surface area (Å²) in [6.07, 6.45) is 2.90. The van der Waals surface area contributed by atoms with E-state index in [0.29, 0.717) is 41.2 Å². The predicted octanol–water partition coefficient (Wildman–Crippen LogP) is 3.20. The van der Waals surface area contributed by atoms with Crippen molar-refractivity contribution in [3.63, 3.8) is 0 Å². The Labute approximate surface area is 189 Å². The Morgan fingerprint density at radius 1 is 1.15 bits per heavy atom. The molecule has 0 spiro atoms. The number of nitriles is 1. The standard InChI is InChI=1S/C24H23F2N5O2/c1-30-22(16-10-20(26)23(33-2)29-13-16)18(14-3-4-15(12-27)19(25)9-14)11-21(24(30)32)31-7-5-17(28)6-8-31/h3-4,9-11,13,17H,5-8,28H2,1-2H3. The number of piperidine rings is 1. The second kappa shape index (κ2) is 9.00. The highest BCUT2D eigenvalue weighted by molar-refractivity contribution is 5.83. The highest BCUT2D eigenvalue weighted by Gasteiger charge is 2.24. The fourth-order valence-corrected chi connectivity index (χ4v) is 4.14. The Morgan fingerprint density at radius 3 is 2.45 bits per heavy atom. The zero-order chi connectivity index (χ0) is 23.7. The van der Waals surface area contributed by atoms with Crippen molar-refractivity contribution in [3.8, 4) is 34.3 Å². The lowest BCUT2D eigenvalue weighted by atomic mass is 9.97. The van der Waals surface area contributed by atoms with Gasteiger partial charge in [0.05, 0.1) is 18.4 Å². The first kappa shape index (κ1) is 22.4. The number of nitrogens with zero attached hydrogens (tertiary/aromatic N) is 4. The first-order valence-corrected chi connectivity index (χ1v) is 10.5. The quantitative estimate of drug-likeness (QED) is 0.654. The number of aromatic nitrogens is 2. The van der Waals surface area contributed by atoms with Gasteiger partial charge < -0.3 is 19.9 Å². The Bertz CT molecular complexity index is 1310. The minimum Gasteiger partial charge on any atom is -0.479 e. The van der Waals surface area contributed by atoms with Crippen molar-refractivity contribution in [1.82, 2.24) is 9.55 Å². The van der Waals surface area contributed by atoms with Gasteiger partial charge in [-0.3, -0.25) is 4.79 Å². The number of benzene rings is 1. The molecule has 2 N–H and O–H groups in total. The van der Waals surface area contributed by atoms with Crippen molar-refractivity contribution in [3.05, 3.63) is 64.1 Å². The van der Waals surface area contributed by atoms with Gasteiger partial charge in [0.2, 0.25) is 5.88 Å². The lowest BCUT2D eigenvalue weighted by Gasteiger charge is -2.32. The SMILES string of the molecule is COc1ncc(-c2c(-c3ccc(C#N)c(F)c3)cc(N3CCC(N)CC3)c(=O)n2C)cc1F. The molecule has 0 amide bonds. The molecule has 1 fully saturated rings. The van der Waals surface area contributed by atoms with Crippen LogP contribution in [0.5, 0.6) is 5.88 Å². The van der Waals surface area contributed by atoms with E-state index in [0.717, 1.165) is 12.8 Å². The number of rotatable bonds is 4. The van der Waals surface area contributed by atoms with E-state index in [1.807, 2.05) is 4.90 Å². The van der Waals surface area contributed by atoms with E-state index in [2.05, 4.69) is 4.98 Å². The Kier molecular flexibility index (Phi) is 6.11. The van der Waals surface area contributed by atoms with Gasteiger partial charge in [-0.2, -0.15) is 5.26 Å². The molecule has 170 valence electrons. The van der Waals surface area contributed by atoms with Crippen molar-refractivity contribution in [2.45, 2.75) is 18.9 Å². The molecule has 2 aromatic heterocycles. The molecule has 4 rings (SSSR count). The second-order valence-corrected chi connectivity index (χ2v) is 8.00. The van der Waals surface area contributed by atoms with Crippen molar-refractivity contribution in [1.29, 1.82) is 5.26 Å². The number of anilines is 1. The normalized spacial score (nSPS) is 14.2. The van der Waals surface area contributed by atoms with E-state index in [1.165, 1.54) is 36.1 Å². The highest BCUT2D eigenvalue weighted by atomic mass is 19.1. The molecule has 1 aliphatic heterocycles. The molecule has 0 unspecified atom stereocenters. The summed E-state index contributed by atoms with van der Waals surface area (Å²) in [7, 11) is 2.90. The summed E-state index contributed by atoms with van der Waals surface area (Å²) in [4.78, 5) is 19.3. The Hall–Kier alpha value is -3.77. The maximum Gasteiger partial charge on any atom is 0.274 e. The zero-order valence-electron chi connectivity index (χ0n) is 18.3. The third-order valence-corrected chi connectivity index (χ3v) is 5.95. The molecule has 9 heteroatoms. The number of hydrogen-bond donors (Lipinski definition) is 1. The molecule has 1 aromatic carbocycles. The number of halogens is 2. The maximum atomic E-state index is 14.5. The summed E-state index contributed by atoms with van der Waals surface area (Å²) >= 11 is 0. The van der Waals surface area contributed by atoms with Gasteiger partial charge in [-0.05, 0) is 42.7 Å². The average Bonchev–Trinajstić information content (AvgIpc) is 2.81. The van der Waals surface area contributed by atoms with Crippen LogP contribution in [0.3, 0.4) is 0 Å². The van der Waals surface area contributed by atoms with Gasteiger partial charge in [0.25, 0.3) is 5.56 Å². The van der Waals surface area contributed by atoms with Gasteiger partial charge in [-0.1, -0.05) is 6.07 Å². The van der Waals surface area contributed by atoms with Crippen molar-refractivity contribution < 1.29 is 13.5 Å². The van der Waals surface area contributed by atoms with E-state index < -0.39 is 11.6 Å². The van der Waals surface area contributed by atoms with Gasteiger partial charge in [-0.15, -0.1) is 0 Å². The van der Waals surface area contributed by atoms with E-state index >= 15 is 0 Å². The van der Waals surface area contributed by atoms with Gasteiger partial charge in [0.15, 0.2) is 5.82 Å². The van der Waals surface area contributed by atoms with Gasteiger partial charge >= 0.3 is 0 Å². The topological polar surface area (TPSA) is 97.2 Å². The van der Waals surface area contributed by atoms with Crippen LogP contribution in [0, 0.1) is 23.0 Å². The average molecular weight is 451 g/mol. The van der Waals surface area contributed by atoms with Crippen LogP contribution >= 0.6 is 0 Å². The van der Waals surface area contributed by atoms with Crippen molar-refractivity contribution >= 4 is 5.69 Å². The van der Waals surface area contributed by atoms with E-state index in [4.69, 9.17) is 15.7 Å². The third-order valence-electron chi connectivity index (χ3n) is 5.95. The molecule has 0 saturated carbocycles. The van der Waals surface area contributed by atoms with Crippen LogP contribution in [-0.4, -0.2) is 35.8 Å².